The number of hydrogen-bond donors (Lipinski definition) is 1. The van der Waals surface area contributed by atoms with E-state index in [0.717, 1.165) is 21.8 Å². The van der Waals surface area contributed by atoms with Gasteiger partial charge < -0.3 is 10.3 Å². The molecule has 94 valence electrons. The van der Waals surface area contributed by atoms with Crippen LogP contribution in [0.15, 0.2) is 25.7 Å². The van der Waals surface area contributed by atoms with E-state index in [-0.39, 0.29) is 5.41 Å². The molecule has 2 N–H and O–H groups in total. The summed E-state index contributed by atoms with van der Waals surface area (Å²) in [6.45, 7) is 0.545. The smallest absolute Gasteiger partial charge is 0.234 e. The zero-order chi connectivity index (χ0) is 12.8. The lowest BCUT2D eigenvalue weighted by molar-refractivity contribution is 0.347. The van der Waals surface area contributed by atoms with Gasteiger partial charge in [0.15, 0.2) is 0 Å². The van der Waals surface area contributed by atoms with Crippen LogP contribution in [0.2, 0.25) is 0 Å². The van der Waals surface area contributed by atoms with Crippen molar-refractivity contribution in [2.45, 2.75) is 18.3 Å². The molecule has 1 aliphatic carbocycles. The number of hydrogen-bond acceptors (Lipinski definition) is 5. The summed E-state index contributed by atoms with van der Waals surface area (Å²) in [6.07, 6.45) is 3.73. The zero-order valence-corrected chi connectivity index (χ0v) is 12.5. The van der Waals surface area contributed by atoms with Gasteiger partial charge in [-0.05, 0) is 50.8 Å². The van der Waals surface area contributed by atoms with Crippen molar-refractivity contribution in [1.29, 1.82) is 0 Å². The number of halogens is 2. The van der Waals surface area contributed by atoms with Gasteiger partial charge in [-0.15, -0.1) is 0 Å². The van der Waals surface area contributed by atoms with Crippen molar-refractivity contribution in [1.82, 2.24) is 15.1 Å². The molecule has 2 aromatic heterocycles. The fraction of sp³-hybridized carbons (Fsp3) is 0.364. The second kappa shape index (κ2) is 4.40. The van der Waals surface area contributed by atoms with E-state index in [1.165, 1.54) is 0 Å². The monoisotopic (exact) mass is 372 g/mol. The van der Waals surface area contributed by atoms with Crippen LogP contribution in [-0.2, 0) is 5.41 Å². The molecule has 0 aliphatic heterocycles. The zero-order valence-electron chi connectivity index (χ0n) is 9.36. The Morgan fingerprint density at radius 3 is 2.78 bits per heavy atom. The largest absolute Gasteiger partial charge is 0.338 e. The molecule has 0 spiro atoms. The number of rotatable bonds is 3. The maximum atomic E-state index is 5.74. The molecule has 0 bridgehead atoms. The highest BCUT2D eigenvalue weighted by atomic mass is 79.9. The average Bonchev–Trinajstić information content (AvgIpc) is 3.00. The highest BCUT2D eigenvalue weighted by Gasteiger charge is 2.48. The van der Waals surface area contributed by atoms with Crippen LogP contribution in [0, 0.1) is 0 Å². The summed E-state index contributed by atoms with van der Waals surface area (Å²) >= 11 is 6.79. The second-order valence-electron chi connectivity index (χ2n) is 4.39. The Balaban J connectivity index is 1.98. The molecule has 3 rings (SSSR count). The van der Waals surface area contributed by atoms with Gasteiger partial charge in [0.2, 0.25) is 11.7 Å². The van der Waals surface area contributed by atoms with E-state index in [4.69, 9.17) is 10.3 Å². The molecule has 0 amide bonds. The Morgan fingerprint density at radius 1 is 1.39 bits per heavy atom. The minimum absolute atomic E-state index is 0.0902. The average molecular weight is 374 g/mol. The van der Waals surface area contributed by atoms with Crippen LogP contribution >= 0.6 is 31.9 Å². The summed E-state index contributed by atoms with van der Waals surface area (Å²) in [5, 5.41) is 3.98. The predicted molar refractivity (Wildman–Crippen MR) is 72.9 cm³/mol. The van der Waals surface area contributed by atoms with Crippen molar-refractivity contribution in [3.05, 3.63) is 27.1 Å². The van der Waals surface area contributed by atoms with Gasteiger partial charge in [0.1, 0.15) is 5.69 Å². The van der Waals surface area contributed by atoms with E-state index in [1.54, 1.807) is 6.20 Å². The molecule has 1 aliphatic rings. The summed E-state index contributed by atoms with van der Waals surface area (Å²) in [4.78, 5) is 8.69. The molecule has 2 heterocycles. The highest BCUT2D eigenvalue weighted by molar-refractivity contribution is 9.11. The maximum Gasteiger partial charge on any atom is 0.234 e. The molecule has 0 unspecified atom stereocenters. The van der Waals surface area contributed by atoms with E-state index in [0.29, 0.717) is 24.0 Å². The van der Waals surface area contributed by atoms with Gasteiger partial charge in [0.05, 0.1) is 5.41 Å². The number of nitrogens with zero attached hydrogens (tertiary/aromatic N) is 3. The standard InChI is InChI=1S/C11H10Br2N4O/c12-6-3-7(13)8(15-4-6)9-16-10(18-17-9)11(5-14)1-2-11/h3-4H,1-2,5,14H2. The molecule has 0 radical (unpaired) electrons. The lowest BCUT2D eigenvalue weighted by atomic mass is 10.1. The number of nitrogens with two attached hydrogens (primary N) is 1. The van der Waals surface area contributed by atoms with Crippen molar-refractivity contribution < 1.29 is 4.52 Å². The summed E-state index contributed by atoms with van der Waals surface area (Å²) in [7, 11) is 0. The summed E-state index contributed by atoms with van der Waals surface area (Å²) < 4.78 is 7.02. The normalized spacial score (nSPS) is 16.8. The molecule has 7 heteroatoms. The van der Waals surface area contributed by atoms with Crippen LogP contribution in [0.3, 0.4) is 0 Å². The first-order valence-electron chi connectivity index (χ1n) is 5.50. The first-order chi connectivity index (χ1) is 8.64. The molecule has 2 aromatic rings. The summed E-state index contributed by atoms with van der Waals surface area (Å²) in [6, 6.07) is 1.90. The lowest BCUT2D eigenvalue weighted by Crippen LogP contribution is -2.19. The Labute approximate surface area is 120 Å². The van der Waals surface area contributed by atoms with E-state index in [1.807, 2.05) is 6.07 Å². The SMILES string of the molecule is NCC1(c2nc(-c3ncc(Br)cc3Br)no2)CC1. The van der Waals surface area contributed by atoms with Gasteiger partial charge in [0, 0.05) is 21.7 Å². The number of aromatic nitrogens is 3. The second-order valence-corrected chi connectivity index (χ2v) is 6.16. The predicted octanol–water partition coefficient (Wildman–Crippen LogP) is 2.65. The van der Waals surface area contributed by atoms with Crippen molar-refractivity contribution in [3.63, 3.8) is 0 Å². The van der Waals surface area contributed by atoms with Crippen LogP contribution in [0.5, 0.6) is 0 Å². The third-order valence-electron chi connectivity index (χ3n) is 3.14. The minimum atomic E-state index is -0.0902. The fourth-order valence-corrected chi connectivity index (χ4v) is 2.94. The molecule has 1 fully saturated rings. The Bertz CT molecular complexity index is 594. The minimum Gasteiger partial charge on any atom is -0.338 e. The Hall–Kier alpha value is -0.790. The van der Waals surface area contributed by atoms with Crippen molar-refractivity contribution in [2.24, 2.45) is 5.73 Å². The van der Waals surface area contributed by atoms with Crippen LogP contribution in [0.25, 0.3) is 11.5 Å². The highest BCUT2D eigenvalue weighted by Crippen LogP contribution is 2.46. The molecule has 18 heavy (non-hydrogen) atoms. The molecular formula is C11H10Br2N4O. The van der Waals surface area contributed by atoms with Crippen LogP contribution in [0.4, 0.5) is 0 Å². The van der Waals surface area contributed by atoms with Gasteiger partial charge in [-0.3, -0.25) is 4.98 Å². The third kappa shape index (κ3) is 2.00. The van der Waals surface area contributed by atoms with Gasteiger partial charge >= 0.3 is 0 Å². The van der Waals surface area contributed by atoms with Crippen molar-refractivity contribution >= 4 is 31.9 Å². The van der Waals surface area contributed by atoms with Crippen LogP contribution < -0.4 is 5.73 Å². The van der Waals surface area contributed by atoms with E-state index < -0.39 is 0 Å². The molecule has 0 atom stereocenters. The van der Waals surface area contributed by atoms with Crippen LogP contribution in [-0.4, -0.2) is 21.7 Å². The maximum absolute atomic E-state index is 5.74. The molecule has 0 saturated heterocycles. The number of pyridine rings is 1. The fourth-order valence-electron chi connectivity index (χ4n) is 1.77. The lowest BCUT2D eigenvalue weighted by Gasteiger charge is -2.03. The Kier molecular flexibility index (Phi) is 2.99. The van der Waals surface area contributed by atoms with Gasteiger partial charge in [-0.2, -0.15) is 4.98 Å². The first-order valence-corrected chi connectivity index (χ1v) is 7.09. The van der Waals surface area contributed by atoms with Gasteiger partial charge in [-0.25, -0.2) is 0 Å². The molecule has 0 aromatic carbocycles. The third-order valence-corrected chi connectivity index (χ3v) is 4.18. The van der Waals surface area contributed by atoms with E-state index >= 15 is 0 Å². The van der Waals surface area contributed by atoms with Gasteiger partial charge in [-0.1, -0.05) is 5.16 Å². The quantitative estimate of drug-likeness (QED) is 0.894. The van der Waals surface area contributed by atoms with E-state index in [9.17, 15) is 0 Å². The Morgan fingerprint density at radius 2 is 2.17 bits per heavy atom. The molecule has 1 saturated carbocycles. The van der Waals surface area contributed by atoms with Crippen molar-refractivity contribution in [3.8, 4) is 11.5 Å². The van der Waals surface area contributed by atoms with E-state index in [2.05, 4.69) is 47.0 Å². The topological polar surface area (TPSA) is 77.8 Å². The first kappa shape index (κ1) is 12.3. The van der Waals surface area contributed by atoms with Crippen molar-refractivity contribution in [2.75, 3.05) is 6.54 Å². The van der Waals surface area contributed by atoms with Crippen LogP contribution in [0.1, 0.15) is 18.7 Å². The summed E-state index contributed by atoms with van der Waals surface area (Å²) in [5.41, 5.74) is 6.32. The summed E-state index contributed by atoms with van der Waals surface area (Å²) in [5.74, 6) is 1.11. The molecular weight excluding hydrogens is 364 g/mol. The van der Waals surface area contributed by atoms with Gasteiger partial charge in [0.25, 0.3) is 0 Å². The molecule has 5 nitrogen and oxygen atoms in total.